The second-order valence-corrected chi connectivity index (χ2v) is 5.13. The second kappa shape index (κ2) is 5.91. The third-order valence-electron chi connectivity index (χ3n) is 2.86. The van der Waals surface area contributed by atoms with E-state index in [1.165, 1.54) is 23.5 Å². The van der Waals surface area contributed by atoms with Gasteiger partial charge in [-0.05, 0) is 30.3 Å². The fourth-order valence-electron chi connectivity index (χ4n) is 1.89. The van der Waals surface area contributed by atoms with Crippen molar-refractivity contribution in [3.8, 4) is 0 Å². The number of benzene rings is 1. The van der Waals surface area contributed by atoms with Gasteiger partial charge in [0.2, 0.25) is 0 Å². The zero-order valence-corrected chi connectivity index (χ0v) is 12.1. The molecule has 2 heterocycles. The molecule has 21 heavy (non-hydrogen) atoms. The number of fused-ring (bicyclic) bond motifs is 1. The third kappa shape index (κ3) is 3.28. The Morgan fingerprint density at radius 2 is 1.76 bits per heavy atom. The van der Waals surface area contributed by atoms with Crippen LogP contribution in [0.5, 0.6) is 0 Å². The molecule has 0 spiro atoms. The van der Waals surface area contributed by atoms with Gasteiger partial charge < -0.3 is 5.32 Å². The summed E-state index contributed by atoms with van der Waals surface area (Å²) in [4.78, 5) is 3.90. The Kier molecular flexibility index (Phi) is 4.39. The smallest absolute Gasteiger partial charge is 0.354 e. The van der Waals surface area contributed by atoms with E-state index in [4.69, 9.17) is 0 Å². The van der Waals surface area contributed by atoms with Crippen LogP contribution in [0.15, 0.2) is 48.1 Å². The first-order chi connectivity index (χ1) is 9.54. The van der Waals surface area contributed by atoms with Crippen LogP contribution in [0.25, 0.3) is 10.1 Å². The number of nitrogens with zero attached hydrogens (tertiary/aromatic N) is 1. The molecule has 0 aliphatic rings. The second-order valence-electron chi connectivity index (χ2n) is 4.22. The molecule has 0 amide bonds. The lowest BCUT2D eigenvalue weighted by atomic mass is 10.1. The van der Waals surface area contributed by atoms with Crippen molar-refractivity contribution < 1.29 is 13.2 Å². The lowest BCUT2D eigenvalue weighted by Gasteiger charge is -2.08. The summed E-state index contributed by atoms with van der Waals surface area (Å²) in [5, 5.41) is 5.49. The molecule has 3 rings (SSSR count). The Morgan fingerprint density at radius 1 is 1.05 bits per heavy atom. The molecule has 1 aromatic carbocycles. The Morgan fingerprint density at radius 3 is 2.43 bits per heavy atom. The molecule has 2 aromatic heterocycles. The molecule has 0 bridgehead atoms. The Hall–Kier alpha value is -1.79. The molecule has 0 saturated carbocycles. The highest BCUT2D eigenvalue weighted by Crippen LogP contribution is 2.37. The number of hydrogen-bond donors (Lipinski definition) is 1. The maximum absolute atomic E-state index is 12.8. The van der Waals surface area contributed by atoms with Crippen molar-refractivity contribution in [1.29, 1.82) is 0 Å². The summed E-state index contributed by atoms with van der Waals surface area (Å²) in [6, 6.07) is 7.30. The maximum atomic E-state index is 12.8. The molecule has 2 nitrogen and oxygen atoms in total. The molecular weight excluding hydrogens is 321 g/mol. The van der Waals surface area contributed by atoms with Gasteiger partial charge in [-0.15, -0.1) is 23.7 Å². The van der Waals surface area contributed by atoms with E-state index < -0.39 is 11.7 Å². The van der Waals surface area contributed by atoms with Gasteiger partial charge in [-0.1, -0.05) is 0 Å². The van der Waals surface area contributed by atoms with Crippen molar-refractivity contribution >= 4 is 45.2 Å². The van der Waals surface area contributed by atoms with Crippen LogP contribution >= 0.6 is 23.7 Å². The molecule has 7 heteroatoms. The first kappa shape index (κ1) is 15.6. The number of hydrogen-bond acceptors (Lipinski definition) is 3. The number of halogens is 4. The van der Waals surface area contributed by atoms with Crippen LogP contribution in [-0.2, 0) is 6.18 Å². The van der Waals surface area contributed by atoms with Crippen LogP contribution in [0.3, 0.4) is 0 Å². The van der Waals surface area contributed by atoms with E-state index in [9.17, 15) is 13.2 Å². The molecular formula is C14H10ClF3N2S. The van der Waals surface area contributed by atoms with E-state index in [-0.39, 0.29) is 12.4 Å². The van der Waals surface area contributed by atoms with Crippen molar-refractivity contribution in [3.63, 3.8) is 0 Å². The number of alkyl halides is 3. The standard InChI is InChI=1S/C14H9F3N2S.ClH/c15-14(16,17)9-1-2-13-11(7-9)12(8-20-13)19-10-3-5-18-6-4-10;/h1-8H,(H,18,19);1H. The van der Waals surface area contributed by atoms with Crippen molar-refractivity contribution in [2.75, 3.05) is 5.32 Å². The molecule has 3 aromatic rings. The zero-order valence-electron chi connectivity index (χ0n) is 10.5. The molecule has 0 radical (unpaired) electrons. The van der Waals surface area contributed by atoms with Gasteiger partial charge in [0.25, 0.3) is 0 Å². The molecule has 110 valence electrons. The van der Waals surface area contributed by atoms with E-state index in [1.807, 2.05) is 5.38 Å². The first-order valence-corrected chi connectivity index (χ1v) is 6.67. The normalized spacial score (nSPS) is 11.2. The van der Waals surface area contributed by atoms with E-state index in [0.717, 1.165) is 16.5 Å². The van der Waals surface area contributed by atoms with Crippen molar-refractivity contribution in [2.24, 2.45) is 0 Å². The average molecular weight is 331 g/mol. The van der Waals surface area contributed by atoms with Gasteiger partial charge in [-0.3, -0.25) is 4.98 Å². The number of aromatic nitrogens is 1. The van der Waals surface area contributed by atoms with E-state index >= 15 is 0 Å². The Bertz CT molecular complexity index is 741. The predicted molar refractivity (Wildman–Crippen MR) is 81.6 cm³/mol. The highest BCUT2D eigenvalue weighted by atomic mass is 35.5. The molecule has 0 unspecified atom stereocenters. The molecule has 0 atom stereocenters. The van der Waals surface area contributed by atoms with Gasteiger partial charge in [0, 0.05) is 33.5 Å². The molecule has 0 aliphatic carbocycles. The minimum Gasteiger partial charge on any atom is -0.354 e. The maximum Gasteiger partial charge on any atom is 0.416 e. The summed E-state index contributed by atoms with van der Waals surface area (Å²) in [6.45, 7) is 0. The highest BCUT2D eigenvalue weighted by molar-refractivity contribution is 7.17. The fourth-order valence-corrected chi connectivity index (χ4v) is 2.77. The van der Waals surface area contributed by atoms with Crippen LogP contribution in [0.4, 0.5) is 24.5 Å². The summed E-state index contributed by atoms with van der Waals surface area (Å²) in [7, 11) is 0. The Balaban J connectivity index is 0.00000161. The molecule has 0 aliphatic heterocycles. The number of rotatable bonds is 2. The Labute approximate surface area is 129 Å². The molecule has 0 fully saturated rings. The number of thiophene rings is 1. The molecule has 1 N–H and O–H groups in total. The predicted octanol–water partition coefficient (Wildman–Crippen LogP) is 5.48. The average Bonchev–Trinajstić information content (AvgIpc) is 2.82. The summed E-state index contributed by atoms with van der Waals surface area (Å²) < 4.78 is 39.1. The van der Waals surface area contributed by atoms with Crippen molar-refractivity contribution in [1.82, 2.24) is 4.98 Å². The van der Waals surface area contributed by atoms with Gasteiger partial charge in [0.05, 0.1) is 11.3 Å². The lowest BCUT2D eigenvalue weighted by molar-refractivity contribution is -0.137. The summed E-state index contributed by atoms with van der Waals surface area (Å²) in [6.07, 6.45) is -1.08. The monoisotopic (exact) mass is 330 g/mol. The van der Waals surface area contributed by atoms with Crippen LogP contribution in [0.1, 0.15) is 5.56 Å². The first-order valence-electron chi connectivity index (χ1n) is 5.79. The lowest BCUT2D eigenvalue weighted by Crippen LogP contribution is -2.04. The number of pyridine rings is 1. The topological polar surface area (TPSA) is 24.9 Å². The third-order valence-corrected chi connectivity index (χ3v) is 3.82. The summed E-state index contributed by atoms with van der Waals surface area (Å²) in [5.74, 6) is 0. The SMILES string of the molecule is Cl.FC(F)(F)c1ccc2scc(Nc3ccncc3)c2c1. The molecule has 0 saturated heterocycles. The van der Waals surface area contributed by atoms with Gasteiger partial charge in [-0.25, -0.2) is 0 Å². The summed E-state index contributed by atoms with van der Waals surface area (Å²) >= 11 is 1.41. The van der Waals surface area contributed by atoms with Gasteiger partial charge >= 0.3 is 6.18 Å². The highest BCUT2D eigenvalue weighted by Gasteiger charge is 2.30. The minimum absolute atomic E-state index is 0. The summed E-state index contributed by atoms with van der Waals surface area (Å²) in [5.41, 5.74) is 0.820. The van der Waals surface area contributed by atoms with E-state index in [2.05, 4.69) is 10.3 Å². The van der Waals surface area contributed by atoms with Crippen LogP contribution in [0, 0.1) is 0 Å². The quantitative estimate of drug-likeness (QED) is 0.673. The van der Waals surface area contributed by atoms with Crippen LogP contribution in [-0.4, -0.2) is 4.98 Å². The van der Waals surface area contributed by atoms with E-state index in [1.54, 1.807) is 24.5 Å². The van der Waals surface area contributed by atoms with E-state index in [0.29, 0.717) is 11.1 Å². The van der Waals surface area contributed by atoms with Crippen molar-refractivity contribution in [2.45, 2.75) is 6.18 Å². The van der Waals surface area contributed by atoms with Gasteiger partial charge in [-0.2, -0.15) is 13.2 Å². The van der Waals surface area contributed by atoms with Gasteiger partial charge in [0.15, 0.2) is 0 Å². The van der Waals surface area contributed by atoms with Crippen molar-refractivity contribution in [3.05, 3.63) is 53.7 Å². The zero-order chi connectivity index (χ0) is 14.2. The number of anilines is 2. The van der Waals surface area contributed by atoms with Crippen LogP contribution < -0.4 is 5.32 Å². The number of nitrogens with one attached hydrogen (secondary N) is 1. The van der Waals surface area contributed by atoms with Crippen LogP contribution in [0.2, 0.25) is 0 Å². The largest absolute Gasteiger partial charge is 0.416 e. The van der Waals surface area contributed by atoms with Gasteiger partial charge in [0.1, 0.15) is 0 Å². The minimum atomic E-state index is -4.33. The fraction of sp³-hybridized carbons (Fsp3) is 0.0714.